The van der Waals surface area contributed by atoms with E-state index in [9.17, 15) is 0 Å². The van der Waals surface area contributed by atoms with E-state index in [-0.39, 0.29) is 0 Å². The van der Waals surface area contributed by atoms with E-state index in [0.717, 1.165) is 13.2 Å². The van der Waals surface area contributed by atoms with E-state index >= 15 is 0 Å². The van der Waals surface area contributed by atoms with Crippen molar-refractivity contribution >= 4 is 11.8 Å². The Kier molecular flexibility index (Phi) is 8.34. The summed E-state index contributed by atoms with van der Waals surface area (Å²) >= 11 is 2.04. The second-order valence-corrected chi connectivity index (χ2v) is 5.69. The molecule has 0 amide bonds. The molecule has 0 bridgehead atoms. The summed E-state index contributed by atoms with van der Waals surface area (Å²) in [5.74, 6) is 2.35. The Hall–Kier alpha value is 0.270. The predicted molar refractivity (Wildman–Crippen MR) is 73.3 cm³/mol. The molecule has 96 valence electrons. The quantitative estimate of drug-likeness (QED) is 0.664. The largest absolute Gasteiger partial charge is 0.375 e. The lowest BCUT2D eigenvalue weighted by Crippen LogP contribution is -2.45. The zero-order valence-corrected chi connectivity index (χ0v) is 11.7. The molecule has 1 aliphatic heterocycles. The third-order valence-electron chi connectivity index (χ3n) is 3.07. The van der Waals surface area contributed by atoms with Gasteiger partial charge in [-0.3, -0.25) is 0 Å². The molecular formula is C13H27NOS. The molecule has 0 aromatic heterocycles. The highest BCUT2D eigenvalue weighted by Gasteiger charge is 2.23. The number of hydrogen-bond donors (Lipinski definition) is 1. The number of hydrogen-bond acceptors (Lipinski definition) is 3. The van der Waals surface area contributed by atoms with Gasteiger partial charge in [0.2, 0.25) is 0 Å². The summed E-state index contributed by atoms with van der Waals surface area (Å²) in [4.78, 5) is 0. The van der Waals surface area contributed by atoms with E-state index in [1.54, 1.807) is 0 Å². The summed E-state index contributed by atoms with van der Waals surface area (Å²) in [5, 5.41) is 3.66. The van der Waals surface area contributed by atoms with Crippen molar-refractivity contribution in [2.45, 2.75) is 58.1 Å². The fourth-order valence-electron chi connectivity index (χ4n) is 2.10. The van der Waals surface area contributed by atoms with Gasteiger partial charge in [0.1, 0.15) is 0 Å². The van der Waals surface area contributed by atoms with Gasteiger partial charge in [-0.2, -0.15) is 11.8 Å². The number of unbranched alkanes of at least 4 members (excludes halogenated alkanes) is 2. The van der Waals surface area contributed by atoms with Crippen LogP contribution in [-0.2, 0) is 4.74 Å². The first kappa shape index (κ1) is 14.3. The maximum Gasteiger partial charge on any atom is 0.0818 e. The fraction of sp³-hybridized carbons (Fsp3) is 1.00. The molecule has 1 heterocycles. The highest BCUT2D eigenvalue weighted by molar-refractivity contribution is 7.99. The van der Waals surface area contributed by atoms with Crippen LogP contribution in [0.4, 0.5) is 0 Å². The normalized spacial score (nSPS) is 23.2. The molecule has 0 aliphatic carbocycles. The van der Waals surface area contributed by atoms with Crippen molar-refractivity contribution < 1.29 is 4.74 Å². The number of thioether (sulfide) groups is 1. The van der Waals surface area contributed by atoms with Gasteiger partial charge >= 0.3 is 0 Å². The zero-order valence-electron chi connectivity index (χ0n) is 10.8. The van der Waals surface area contributed by atoms with Crippen LogP contribution in [0.25, 0.3) is 0 Å². The Morgan fingerprint density at radius 3 is 2.81 bits per heavy atom. The average molecular weight is 245 g/mol. The van der Waals surface area contributed by atoms with E-state index in [2.05, 4.69) is 19.2 Å². The fourth-order valence-corrected chi connectivity index (χ4v) is 3.04. The van der Waals surface area contributed by atoms with Crippen molar-refractivity contribution in [2.75, 3.05) is 24.7 Å². The molecular weight excluding hydrogens is 218 g/mol. The van der Waals surface area contributed by atoms with Crippen molar-refractivity contribution in [3.8, 4) is 0 Å². The molecule has 1 saturated heterocycles. The molecule has 1 fully saturated rings. The Morgan fingerprint density at radius 1 is 1.31 bits per heavy atom. The minimum atomic E-state index is 0.446. The zero-order chi connectivity index (χ0) is 11.6. The van der Waals surface area contributed by atoms with Gasteiger partial charge in [-0.1, -0.05) is 33.1 Å². The van der Waals surface area contributed by atoms with Crippen LogP contribution in [0.5, 0.6) is 0 Å². The van der Waals surface area contributed by atoms with Crippen molar-refractivity contribution in [2.24, 2.45) is 0 Å². The second kappa shape index (κ2) is 9.32. The highest BCUT2D eigenvalue weighted by Crippen LogP contribution is 2.18. The molecule has 0 aromatic rings. The molecule has 1 rings (SSSR count). The minimum absolute atomic E-state index is 0.446. The van der Waals surface area contributed by atoms with Crippen LogP contribution in [0.2, 0.25) is 0 Å². The predicted octanol–water partition coefficient (Wildman–Crippen LogP) is 3.07. The first-order valence-corrected chi connectivity index (χ1v) is 7.96. The first-order chi connectivity index (χ1) is 7.88. The second-order valence-electron chi connectivity index (χ2n) is 4.54. The Balaban J connectivity index is 2.28. The molecule has 16 heavy (non-hydrogen) atoms. The maximum atomic E-state index is 5.88. The van der Waals surface area contributed by atoms with Crippen molar-refractivity contribution in [3.63, 3.8) is 0 Å². The lowest BCUT2D eigenvalue weighted by molar-refractivity contribution is 0.0441. The van der Waals surface area contributed by atoms with Crippen molar-refractivity contribution in [3.05, 3.63) is 0 Å². The van der Waals surface area contributed by atoms with Crippen LogP contribution in [0, 0.1) is 0 Å². The standard InChI is InChI=1S/C13H27NOS/c1-3-5-6-7-12(14-8-4-2)13-11-16-10-9-15-13/h12-14H,3-11H2,1-2H3. The number of ether oxygens (including phenoxy) is 1. The smallest absolute Gasteiger partial charge is 0.0818 e. The van der Waals surface area contributed by atoms with Gasteiger partial charge in [-0.05, 0) is 19.4 Å². The average Bonchev–Trinajstić information content (AvgIpc) is 2.35. The molecule has 0 saturated carbocycles. The van der Waals surface area contributed by atoms with Crippen molar-refractivity contribution in [1.29, 1.82) is 0 Å². The van der Waals surface area contributed by atoms with Gasteiger partial charge in [-0.25, -0.2) is 0 Å². The summed E-state index contributed by atoms with van der Waals surface area (Å²) in [6.07, 6.45) is 6.93. The molecule has 2 atom stereocenters. The van der Waals surface area contributed by atoms with Gasteiger partial charge < -0.3 is 10.1 Å². The van der Waals surface area contributed by atoms with Crippen LogP contribution in [0.1, 0.15) is 46.0 Å². The topological polar surface area (TPSA) is 21.3 Å². The van der Waals surface area contributed by atoms with Gasteiger partial charge in [0.05, 0.1) is 12.7 Å². The minimum Gasteiger partial charge on any atom is -0.375 e. The SMILES string of the molecule is CCCCCC(NCCC)C1CSCCO1. The third kappa shape index (κ3) is 5.55. The van der Waals surface area contributed by atoms with Gasteiger partial charge in [0.25, 0.3) is 0 Å². The van der Waals surface area contributed by atoms with Crippen LogP contribution < -0.4 is 5.32 Å². The maximum absolute atomic E-state index is 5.88. The van der Waals surface area contributed by atoms with E-state index < -0.39 is 0 Å². The Morgan fingerprint density at radius 2 is 2.19 bits per heavy atom. The van der Waals surface area contributed by atoms with Crippen LogP contribution in [-0.4, -0.2) is 36.8 Å². The summed E-state index contributed by atoms with van der Waals surface area (Å²) < 4.78 is 5.88. The van der Waals surface area contributed by atoms with Gasteiger partial charge in [0.15, 0.2) is 0 Å². The van der Waals surface area contributed by atoms with Crippen LogP contribution in [0.15, 0.2) is 0 Å². The number of nitrogens with one attached hydrogen (secondary N) is 1. The van der Waals surface area contributed by atoms with Gasteiger partial charge in [-0.15, -0.1) is 0 Å². The van der Waals surface area contributed by atoms with E-state index in [0.29, 0.717) is 12.1 Å². The summed E-state index contributed by atoms with van der Waals surface area (Å²) in [7, 11) is 0. The molecule has 0 radical (unpaired) electrons. The van der Waals surface area contributed by atoms with E-state index in [1.165, 1.54) is 43.6 Å². The van der Waals surface area contributed by atoms with Crippen LogP contribution in [0.3, 0.4) is 0 Å². The molecule has 0 aromatic carbocycles. The lowest BCUT2D eigenvalue weighted by Gasteiger charge is -2.31. The summed E-state index contributed by atoms with van der Waals surface area (Å²) in [6, 6.07) is 0.583. The molecule has 3 heteroatoms. The summed E-state index contributed by atoms with van der Waals surface area (Å²) in [6.45, 7) is 6.56. The third-order valence-corrected chi connectivity index (χ3v) is 4.09. The molecule has 1 aliphatic rings. The first-order valence-electron chi connectivity index (χ1n) is 6.81. The molecule has 1 N–H and O–H groups in total. The summed E-state index contributed by atoms with van der Waals surface area (Å²) in [5.41, 5.74) is 0. The molecule has 0 spiro atoms. The van der Waals surface area contributed by atoms with E-state index in [4.69, 9.17) is 4.74 Å². The van der Waals surface area contributed by atoms with Crippen LogP contribution >= 0.6 is 11.8 Å². The molecule has 2 unspecified atom stereocenters. The van der Waals surface area contributed by atoms with E-state index in [1.807, 2.05) is 11.8 Å². The monoisotopic (exact) mass is 245 g/mol. The lowest BCUT2D eigenvalue weighted by atomic mass is 10.0. The number of rotatable bonds is 8. The van der Waals surface area contributed by atoms with Crippen molar-refractivity contribution in [1.82, 2.24) is 5.32 Å². The molecule has 2 nitrogen and oxygen atoms in total. The van der Waals surface area contributed by atoms with Gasteiger partial charge in [0, 0.05) is 17.5 Å². The Bertz CT molecular complexity index is 160. The highest BCUT2D eigenvalue weighted by atomic mass is 32.2. The Labute approximate surface area is 105 Å².